The average molecular weight is 229 g/mol. The minimum Gasteiger partial charge on any atom is -0.396 e. The first-order valence-electron chi connectivity index (χ1n) is 6.26. The monoisotopic (exact) mass is 229 g/mol. The number of hydrogen-bond acceptors (Lipinski definition) is 3. The Morgan fingerprint density at radius 3 is 2.62 bits per heavy atom. The zero-order chi connectivity index (χ0) is 11.8. The highest BCUT2D eigenvalue weighted by Crippen LogP contribution is 2.30. The first-order valence-corrected chi connectivity index (χ1v) is 6.26. The summed E-state index contributed by atoms with van der Waals surface area (Å²) in [5, 5.41) is 20.6. The maximum Gasteiger partial charge on any atom is 0.220 e. The minimum absolute atomic E-state index is 0.0667. The van der Waals surface area contributed by atoms with E-state index in [9.17, 15) is 4.79 Å². The van der Waals surface area contributed by atoms with Crippen LogP contribution in [0.3, 0.4) is 0 Å². The number of aliphatic hydroxyl groups excluding tert-OH is 2. The van der Waals surface area contributed by atoms with E-state index >= 15 is 0 Å². The largest absolute Gasteiger partial charge is 0.396 e. The van der Waals surface area contributed by atoms with E-state index in [1.807, 2.05) is 0 Å². The van der Waals surface area contributed by atoms with Gasteiger partial charge in [-0.1, -0.05) is 6.42 Å². The van der Waals surface area contributed by atoms with Gasteiger partial charge in [0.25, 0.3) is 0 Å². The van der Waals surface area contributed by atoms with E-state index < -0.39 is 0 Å². The van der Waals surface area contributed by atoms with Crippen molar-refractivity contribution < 1.29 is 15.0 Å². The Kier molecular flexibility index (Phi) is 6.42. The predicted molar refractivity (Wildman–Crippen MR) is 61.9 cm³/mol. The fourth-order valence-corrected chi connectivity index (χ4v) is 2.35. The number of aliphatic hydroxyl groups is 2. The van der Waals surface area contributed by atoms with Crippen LogP contribution in [0.4, 0.5) is 0 Å². The molecule has 0 radical (unpaired) electrons. The highest BCUT2D eigenvalue weighted by atomic mass is 16.3. The number of amides is 1. The molecule has 4 heteroatoms. The van der Waals surface area contributed by atoms with Crippen molar-refractivity contribution in [1.29, 1.82) is 0 Å². The smallest absolute Gasteiger partial charge is 0.220 e. The van der Waals surface area contributed by atoms with Crippen LogP contribution in [0.15, 0.2) is 0 Å². The molecule has 0 saturated heterocycles. The Hall–Kier alpha value is -0.610. The summed E-state index contributed by atoms with van der Waals surface area (Å²) in [7, 11) is 0. The molecular weight excluding hydrogens is 206 g/mol. The minimum atomic E-state index is 0.0667. The van der Waals surface area contributed by atoms with Gasteiger partial charge in [0.15, 0.2) is 0 Å². The molecule has 0 aromatic carbocycles. The van der Waals surface area contributed by atoms with Crippen molar-refractivity contribution in [2.45, 2.75) is 38.5 Å². The van der Waals surface area contributed by atoms with E-state index in [0.717, 1.165) is 25.7 Å². The Morgan fingerprint density at radius 1 is 1.19 bits per heavy atom. The number of hydrogen-bond donors (Lipinski definition) is 3. The van der Waals surface area contributed by atoms with Crippen molar-refractivity contribution >= 4 is 5.91 Å². The van der Waals surface area contributed by atoms with Crippen LogP contribution in [0, 0.1) is 11.8 Å². The van der Waals surface area contributed by atoms with Gasteiger partial charge in [-0.15, -0.1) is 0 Å². The Labute approximate surface area is 97.0 Å². The molecule has 0 aliphatic heterocycles. The van der Waals surface area contributed by atoms with Crippen LogP contribution in [-0.2, 0) is 4.79 Å². The second-order valence-electron chi connectivity index (χ2n) is 4.62. The molecular formula is C12H23NO3. The molecule has 1 aliphatic carbocycles. The van der Waals surface area contributed by atoms with Crippen LogP contribution in [0.1, 0.15) is 38.5 Å². The van der Waals surface area contributed by atoms with Crippen molar-refractivity contribution in [2.24, 2.45) is 11.8 Å². The molecule has 16 heavy (non-hydrogen) atoms. The second-order valence-corrected chi connectivity index (χ2v) is 4.62. The zero-order valence-corrected chi connectivity index (χ0v) is 9.82. The predicted octanol–water partition coefficient (Wildman–Crippen LogP) is 0.674. The number of unbranched alkanes of at least 4 members (excludes halogenated alkanes) is 1. The van der Waals surface area contributed by atoms with Gasteiger partial charge in [-0.25, -0.2) is 0 Å². The van der Waals surface area contributed by atoms with Gasteiger partial charge in [-0.05, 0) is 37.5 Å². The first-order chi connectivity index (χ1) is 7.77. The van der Waals surface area contributed by atoms with E-state index in [1.54, 1.807) is 0 Å². The summed E-state index contributed by atoms with van der Waals surface area (Å²) in [5.74, 6) is 0.890. The van der Waals surface area contributed by atoms with Gasteiger partial charge in [0, 0.05) is 26.2 Å². The lowest BCUT2D eigenvalue weighted by Gasteiger charge is -2.17. The summed E-state index contributed by atoms with van der Waals surface area (Å²) in [4.78, 5) is 11.4. The molecule has 0 aromatic heterocycles. The van der Waals surface area contributed by atoms with Crippen molar-refractivity contribution in [3.8, 4) is 0 Å². The second kappa shape index (κ2) is 7.63. The Balaban J connectivity index is 2.11. The molecule has 1 aliphatic rings. The molecule has 0 bridgehead atoms. The molecule has 94 valence electrons. The normalized spacial score (nSPS) is 24.6. The van der Waals surface area contributed by atoms with Gasteiger partial charge in [-0.3, -0.25) is 4.79 Å². The lowest BCUT2D eigenvalue weighted by molar-refractivity contribution is -0.121. The molecule has 2 unspecified atom stereocenters. The van der Waals surface area contributed by atoms with Gasteiger partial charge in [0.05, 0.1) is 0 Å². The van der Waals surface area contributed by atoms with Crippen molar-refractivity contribution in [3.63, 3.8) is 0 Å². The summed E-state index contributed by atoms with van der Waals surface area (Å²) in [6, 6.07) is 0. The summed E-state index contributed by atoms with van der Waals surface area (Å²) in [6.07, 6.45) is 5.30. The van der Waals surface area contributed by atoms with E-state index in [-0.39, 0.29) is 19.1 Å². The molecule has 1 fully saturated rings. The summed E-state index contributed by atoms with van der Waals surface area (Å²) in [5.41, 5.74) is 0. The van der Waals surface area contributed by atoms with E-state index in [0.29, 0.717) is 31.2 Å². The van der Waals surface area contributed by atoms with E-state index in [4.69, 9.17) is 10.2 Å². The van der Waals surface area contributed by atoms with Crippen LogP contribution in [0.5, 0.6) is 0 Å². The highest BCUT2D eigenvalue weighted by Gasteiger charge is 2.26. The van der Waals surface area contributed by atoms with Gasteiger partial charge in [0.1, 0.15) is 0 Å². The number of carbonyl (C=O) groups is 1. The molecule has 1 amide bonds. The number of rotatable bonds is 7. The Morgan fingerprint density at radius 2 is 1.94 bits per heavy atom. The molecule has 1 saturated carbocycles. The lowest BCUT2D eigenvalue weighted by atomic mass is 9.97. The molecule has 0 aromatic rings. The molecule has 2 atom stereocenters. The molecule has 4 nitrogen and oxygen atoms in total. The summed E-state index contributed by atoms with van der Waals surface area (Å²) < 4.78 is 0. The number of carbonyl (C=O) groups excluding carboxylic acids is 1. The van der Waals surface area contributed by atoms with Gasteiger partial charge in [-0.2, -0.15) is 0 Å². The van der Waals surface area contributed by atoms with Gasteiger partial charge in [0.2, 0.25) is 5.91 Å². The first kappa shape index (κ1) is 13.5. The van der Waals surface area contributed by atoms with E-state index in [1.165, 1.54) is 0 Å². The molecule has 1 rings (SSSR count). The number of nitrogens with one attached hydrogen (secondary N) is 1. The third kappa shape index (κ3) is 4.49. The van der Waals surface area contributed by atoms with E-state index in [2.05, 4.69) is 5.32 Å². The maximum absolute atomic E-state index is 11.4. The van der Waals surface area contributed by atoms with Crippen LogP contribution in [0.2, 0.25) is 0 Å². The highest BCUT2D eigenvalue weighted by molar-refractivity contribution is 5.75. The lowest BCUT2D eigenvalue weighted by Crippen LogP contribution is -2.31. The fraction of sp³-hybridized carbons (Fsp3) is 0.917. The van der Waals surface area contributed by atoms with Crippen LogP contribution < -0.4 is 5.32 Å². The third-order valence-corrected chi connectivity index (χ3v) is 3.42. The molecule has 3 N–H and O–H groups in total. The van der Waals surface area contributed by atoms with Crippen LogP contribution in [-0.4, -0.2) is 35.9 Å². The van der Waals surface area contributed by atoms with Crippen molar-refractivity contribution in [2.75, 3.05) is 19.8 Å². The topological polar surface area (TPSA) is 69.6 Å². The fourth-order valence-electron chi connectivity index (χ4n) is 2.35. The standard InChI is InChI=1S/C12H23NO3/c14-7-2-1-6-12(16)13-8-10-4-3-5-11(10)9-15/h10-11,14-15H,1-9H2,(H,13,16). The van der Waals surface area contributed by atoms with Crippen LogP contribution in [0.25, 0.3) is 0 Å². The third-order valence-electron chi connectivity index (χ3n) is 3.42. The SMILES string of the molecule is O=C(CCCCO)NCC1CCCC1CO. The maximum atomic E-state index is 11.4. The zero-order valence-electron chi connectivity index (χ0n) is 9.82. The quantitative estimate of drug-likeness (QED) is 0.562. The van der Waals surface area contributed by atoms with Crippen LogP contribution >= 0.6 is 0 Å². The summed E-state index contributed by atoms with van der Waals surface area (Å²) >= 11 is 0. The Bertz CT molecular complexity index is 208. The van der Waals surface area contributed by atoms with Crippen molar-refractivity contribution in [1.82, 2.24) is 5.32 Å². The molecule has 0 spiro atoms. The van der Waals surface area contributed by atoms with Gasteiger partial charge < -0.3 is 15.5 Å². The van der Waals surface area contributed by atoms with Crippen molar-refractivity contribution in [3.05, 3.63) is 0 Å². The average Bonchev–Trinajstić information content (AvgIpc) is 2.74. The summed E-state index contributed by atoms with van der Waals surface area (Å²) in [6.45, 7) is 1.09. The van der Waals surface area contributed by atoms with Gasteiger partial charge >= 0.3 is 0 Å². The molecule has 0 heterocycles.